The molecule has 0 aliphatic carbocycles. The second-order valence-electron chi connectivity index (χ2n) is 4.49. The molecule has 20 heavy (non-hydrogen) atoms. The van der Waals surface area contributed by atoms with Gasteiger partial charge in [-0.05, 0) is 25.1 Å². The number of ether oxygens (including phenoxy) is 2. The first-order chi connectivity index (χ1) is 9.65. The number of benzene rings is 2. The fourth-order valence-corrected chi connectivity index (χ4v) is 2.13. The normalized spacial score (nSPS) is 11.8. The number of hydrogen-bond acceptors (Lipinski definition) is 4. The van der Waals surface area contributed by atoms with E-state index in [1.165, 1.54) is 7.11 Å². The Balaban J connectivity index is 2.19. The summed E-state index contributed by atoms with van der Waals surface area (Å²) in [6.45, 7) is 2.04. The molecule has 0 saturated heterocycles. The number of rotatable bonds is 5. The lowest BCUT2D eigenvalue weighted by Gasteiger charge is -2.18. The highest BCUT2D eigenvalue weighted by Gasteiger charge is 2.11. The highest BCUT2D eigenvalue weighted by Crippen LogP contribution is 2.32. The Morgan fingerprint density at radius 1 is 1.00 bits per heavy atom. The summed E-state index contributed by atoms with van der Waals surface area (Å²) in [5.41, 5.74) is 1.88. The molecule has 2 rings (SSSR count). The first kappa shape index (κ1) is 14.1. The van der Waals surface area contributed by atoms with Gasteiger partial charge in [-0.3, -0.25) is 0 Å². The van der Waals surface area contributed by atoms with Gasteiger partial charge in [0.25, 0.3) is 0 Å². The molecule has 0 heterocycles. The van der Waals surface area contributed by atoms with E-state index in [2.05, 4.69) is 5.32 Å². The molecule has 0 aliphatic heterocycles. The minimum Gasteiger partial charge on any atom is -0.504 e. The molecule has 2 N–H and O–H groups in total. The maximum Gasteiger partial charge on any atom is 0.160 e. The van der Waals surface area contributed by atoms with Crippen molar-refractivity contribution in [2.45, 2.75) is 13.0 Å². The van der Waals surface area contributed by atoms with Crippen LogP contribution in [-0.2, 0) is 0 Å². The second kappa shape index (κ2) is 6.19. The van der Waals surface area contributed by atoms with Crippen LogP contribution in [0.15, 0.2) is 42.5 Å². The Kier molecular flexibility index (Phi) is 4.35. The predicted molar refractivity (Wildman–Crippen MR) is 79.7 cm³/mol. The highest BCUT2D eigenvalue weighted by atomic mass is 16.5. The van der Waals surface area contributed by atoms with Crippen molar-refractivity contribution in [3.05, 3.63) is 48.0 Å². The SMILES string of the molecule is COc1ccc(NC(C)c2ccccc2OC)cc1O. The van der Waals surface area contributed by atoms with Gasteiger partial charge in [-0.1, -0.05) is 18.2 Å². The van der Waals surface area contributed by atoms with Crippen LogP contribution in [0.4, 0.5) is 5.69 Å². The van der Waals surface area contributed by atoms with Crippen LogP contribution in [0.2, 0.25) is 0 Å². The van der Waals surface area contributed by atoms with Crippen molar-refractivity contribution < 1.29 is 14.6 Å². The van der Waals surface area contributed by atoms with Gasteiger partial charge < -0.3 is 19.9 Å². The molecule has 0 saturated carbocycles. The van der Waals surface area contributed by atoms with Gasteiger partial charge in [0.1, 0.15) is 5.75 Å². The molecule has 0 amide bonds. The van der Waals surface area contributed by atoms with E-state index in [1.54, 1.807) is 19.2 Å². The molecule has 4 nitrogen and oxygen atoms in total. The number of hydrogen-bond donors (Lipinski definition) is 2. The summed E-state index contributed by atoms with van der Waals surface area (Å²) >= 11 is 0. The van der Waals surface area contributed by atoms with Crippen LogP contribution in [0, 0.1) is 0 Å². The van der Waals surface area contributed by atoms with Gasteiger partial charge in [0.2, 0.25) is 0 Å². The van der Waals surface area contributed by atoms with Gasteiger partial charge in [0.15, 0.2) is 11.5 Å². The third-order valence-corrected chi connectivity index (χ3v) is 3.17. The van der Waals surface area contributed by atoms with Crippen LogP contribution in [0.5, 0.6) is 17.2 Å². The molecule has 106 valence electrons. The minimum atomic E-state index is 0.0546. The van der Waals surface area contributed by atoms with Crippen molar-refractivity contribution in [2.24, 2.45) is 0 Å². The molecular weight excluding hydrogens is 254 g/mol. The van der Waals surface area contributed by atoms with E-state index in [-0.39, 0.29) is 11.8 Å². The maximum absolute atomic E-state index is 9.79. The molecule has 2 aromatic rings. The highest BCUT2D eigenvalue weighted by molar-refractivity contribution is 5.55. The number of nitrogens with one attached hydrogen (secondary N) is 1. The summed E-state index contributed by atoms with van der Waals surface area (Å²) in [5.74, 6) is 1.41. The van der Waals surface area contributed by atoms with E-state index in [4.69, 9.17) is 9.47 Å². The number of anilines is 1. The van der Waals surface area contributed by atoms with Crippen molar-refractivity contribution >= 4 is 5.69 Å². The van der Waals surface area contributed by atoms with Crippen LogP contribution < -0.4 is 14.8 Å². The third kappa shape index (κ3) is 2.96. The average molecular weight is 273 g/mol. The zero-order valence-corrected chi connectivity index (χ0v) is 11.9. The molecule has 1 atom stereocenters. The number of methoxy groups -OCH3 is 2. The van der Waals surface area contributed by atoms with Crippen LogP contribution >= 0.6 is 0 Å². The number of para-hydroxylation sites is 1. The number of phenols is 1. The molecule has 0 radical (unpaired) electrons. The predicted octanol–water partition coefficient (Wildman–Crippen LogP) is 3.58. The Morgan fingerprint density at radius 2 is 1.70 bits per heavy atom. The first-order valence-corrected chi connectivity index (χ1v) is 6.42. The average Bonchev–Trinajstić information content (AvgIpc) is 2.47. The Labute approximate surface area is 119 Å². The van der Waals surface area contributed by atoms with Gasteiger partial charge in [-0.2, -0.15) is 0 Å². The van der Waals surface area contributed by atoms with Crippen molar-refractivity contribution in [3.8, 4) is 17.2 Å². The van der Waals surface area contributed by atoms with Gasteiger partial charge >= 0.3 is 0 Å². The zero-order valence-electron chi connectivity index (χ0n) is 11.9. The van der Waals surface area contributed by atoms with E-state index in [1.807, 2.05) is 37.3 Å². The summed E-state index contributed by atoms with van der Waals surface area (Å²) in [5, 5.41) is 13.1. The van der Waals surface area contributed by atoms with E-state index >= 15 is 0 Å². The molecule has 0 bridgehead atoms. The van der Waals surface area contributed by atoms with Gasteiger partial charge in [0, 0.05) is 17.3 Å². The Morgan fingerprint density at radius 3 is 2.35 bits per heavy atom. The van der Waals surface area contributed by atoms with Crippen LogP contribution in [-0.4, -0.2) is 19.3 Å². The summed E-state index contributed by atoms with van der Waals surface area (Å²) in [7, 11) is 3.18. The van der Waals surface area contributed by atoms with Crippen molar-refractivity contribution in [2.75, 3.05) is 19.5 Å². The molecule has 0 spiro atoms. The summed E-state index contributed by atoms with van der Waals surface area (Å²) < 4.78 is 10.4. The monoisotopic (exact) mass is 273 g/mol. The summed E-state index contributed by atoms with van der Waals surface area (Å²) in [6.07, 6.45) is 0. The van der Waals surface area contributed by atoms with Gasteiger partial charge in [-0.25, -0.2) is 0 Å². The summed E-state index contributed by atoms with van der Waals surface area (Å²) in [4.78, 5) is 0. The van der Waals surface area contributed by atoms with Crippen LogP contribution in [0.3, 0.4) is 0 Å². The lowest BCUT2D eigenvalue weighted by Crippen LogP contribution is -2.08. The Bertz CT molecular complexity index is 584. The van der Waals surface area contributed by atoms with E-state index in [0.29, 0.717) is 5.75 Å². The Hall–Kier alpha value is -2.36. The van der Waals surface area contributed by atoms with Crippen LogP contribution in [0.1, 0.15) is 18.5 Å². The molecule has 0 aromatic heterocycles. The molecule has 2 aromatic carbocycles. The van der Waals surface area contributed by atoms with Crippen molar-refractivity contribution in [1.29, 1.82) is 0 Å². The van der Waals surface area contributed by atoms with Crippen LogP contribution in [0.25, 0.3) is 0 Å². The standard InChI is InChI=1S/C16H19NO3/c1-11(13-6-4-5-7-15(13)19-2)17-12-8-9-16(20-3)14(18)10-12/h4-11,17-18H,1-3H3. The van der Waals surface area contributed by atoms with E-state index < -0.39 is 0 Å². The molecule has 0 fully saturated rings. The number of aromatic hydroxyl groups is 1. The molecule has 0 aliphatic rings. The first-order valence-electron chi connectivity index (χ1n) is 6.42. The minimum absolute atomic E-state index is 0.0546. The summed E-state index contributed by atoms with van der Waals surface area (Å²) in [6, 6.07) is 13.1. The molecule has 1 unspecified atom stereocenters. The lowest BCUT2D eigenvalue weighted by atomic mass is 10.1. The second-order valence-corrected chi connectivity index (χ2v) is 4.49. The largest absolute Gasteiger partial charge is 0.504 e. The van der Waals surface area contributed by atoms with E-state index in [9.17, 15) is 5.11 Å². The topological polar surface area (TPSA) is 50.7 Å². The maximum atomic E-state index is 9.79. The van der Waals surface area contributed by atoms with Crippen molar-refractivity contribution in [3.63, 3.8) is 0 Å². The van der Waals surface area contributed by atoms with E-state index in [0.717, 1.165) is 17.0 Å². The zero-order chi connectivity index (χ0) is 14.5. The quantitative estimate of drug-likeness (QED) is 0.874. The lowest BCUT2D eigenvalue weighted by molar-refractivity contribution is 0.373. The van der Waals surface area contributed by atoms with Gasteiger partial charge in [-0.15, -0.1) is 0 Å². The van der Waals surface area contributed by atoms with Crippen molar-refractivity contribution in [1.82, 2.24) is 0 Å². The third-order valence-electron chi connectivity index (χ3n) is 3.17. The fourth-order valence-electron chi connectivity index (χ4n) is 2.13. The molecular formula is C16H19NO3. The fraction of sp³-hybridized carbons (Fsp3) is 0.250. The smallest absolute Gasteiger partial charge is 0.160 e. The van der Waals surface area contributed by atoms with Gasteiger partial charge in [0.05, 0.1) is 20.3 Å². The molecule has 4 heteroatoms. The number of phenolic OH excluding ortho intramolecular Hbond substituents is 1.